The number of carbonyl (C=O) groups excluding carboxylic acids is 3. The van der Waals surface area contributed by atoms with E-state index in [2.05, 4.69) is 6.07 Å². The summed E-state index contributed by atoms with van der Waals surface area (Å²) < 4.78 is 0. The Morgan fingerprint density at radius 3 is 2.67 bits per heavy atom. The summed E-state index contributed by atoms with van der Waals surface area (Å²) in [5.74, 6) is -0.143. The van der Waals surface area contributed by atoms with Gasteiger partial charge in [0.05, 0.1) is 11.6 Å². The summed E-state index contributed by atoms with van der Waals surface area (Å²) in [6, 6.07) is 8.32. The molecule has 7 nitrogen and oxygen atoms in total. The van der Waals surface area contributed by atoms with E-state index < -0.39 is 0 Å². The van der Waals surface area contributed by atoms with E-state index in [0.29, 0.717) is 43.7 Å². The number of hydrogen-bond acceptors (Lipinski definition) is 4. The van der Waals surface area contributed by atoms with E-state index in [4.69, 9.17) is 5.26 Å². The Hall–Kier alpha value is -2.88. The number of rotatable bonds is 2. The zero-order valence-electron chi connectivity index (χ0n) is 15.4. The number of likely N-dealkylation sites (N-methyl/N-ethyl adjacent to an activating group) is 1. The molecule has 1 aromatic carbocycles. The lowest BCUT2D eigenvalue weighted by molar-refractivity contribution is -0.128. The highest BCUT2D eigenvalue weighted by Gasteiger charge is 2.56. The zero-order chi connectivity index (χ0) is 19.2. The first kappa shape index (κ1) is 17.5. The smallest absolute Gasteiger partial charge is 0.327 e. The van der Waals surface area contributed by atoms with E-state index in [9.17, 15) is 14.4 Å². The van der Waals surface area contributed by atoms with Crippen molar-refractivity contribution in [2.75, 3.05) is 26.2 Å². The topological polar surface area (TPSA) is 84.7 Å². The molecule has 1 aromatic rings. The lowest BCUT2D eigenvalue weighted by Crippen LogP contribution is -2.45. The zero-order valence-corrected chi connectivity index (χ0v) is 15.4. The van der Waals surface area contributed by atoms with Gasteiger partial charge in [0.25, 0.3) is 11.8 Å². The molecule has 4 rings (SSSR count). The van der Waals surface area contributed by atoms with Crippen LogP contribution in [0.5, 0.6) is 0 Å². The number of imide groups is 1. The molecule has 3 saturated heterocycles. The third-order valence-electron chi connectivity index (χ3n) is 6.20. The van der Waals surface area contributed by atoms with Crippen molar-refractivity contribution in [1.29, 1.82) is 5.26 Å². The fourth-order valence-electron chi connectivity index (χ4n) is 4.65. The summed E-state index contributed by atoms with van der Waals surface area (Å²) in [5.41, 5.74) is 0.936. The van der Waals surface area contributed by atoms with Gasteiger partial charge in [-0.1, -0.05) is 6.07 Å². The minimum absolute atomic E-state index is 0.0650. The standard InChI is InChI=1S/C20H22N4O3/c1-2-23-18(26)16-11-20(13-24(16)19(23)27)6-8-22(9-7-20)17(25)15-5-3-4-14(10-15)12-21/h3-5,10,16H,2,6-9,11,13H2,1H3. The van der Waals surface area contributed by atoms with E-state index in [1.54, 1.807) is 29.2 Å². The van der Waals surface area contributed by atoms with Crippen LogP contribution in [0.25, 0.3) is 0 Å². The highest BCUT2D eigenvalue weighted by molar-refractivity contribution is 6.04. The van der Waals surface area contributed by atoms with Crippen LogP contribution in [0, 0.1) is 16.7 Å². The van der Waals surface area contributed by atoms with Gasteiger partial charge in [-0.05, 0) is 49.8 Å². The number of amides is 4. The largest absolute Gasteiger partial charge is 0.339 e. The van der Waals surface area contributed by atoms with E-state index >= 15 is 0 Å². The molecular weight excluding hydrogens is 344 g/mol. The van der Waals surface area contributed by atoms with Crippen LogP contribution in [0.1, 0.15) is 42.1 Å². The van der Waals surface area contributed by atoms with Crippen LogP contribution in [0.4, 0.5) is 4.79 Å². The fraction of sp³-hybridized carbons (Fsp3) is 0.500. The average Bonchev–Trinajstić information content (AvgIpc) is 3.16. The van der Waals surface area contributed by atoms with Gasteiger partial charge in [-0.15, -0.1) is 0 Å². The SMILES string of the molecule is CCN1C(=O)C2CC3(CCN(C(=O)c4cccc(C#N)c4)CC3)CN2C1=O. The Morgan fingerprint density at radius 2 is 2.04 bits per heavy atom. The third-order valence-corrected chi connectivity index (χ3v) is 6.20. The first-order valence-electron chi connectivity index (χ1n) is 9.39. The maximum absolute atomic E-state index is 12.7. The van der Waals surface area contributed by atoms with Crippen molar-refractivity contribution < 1.29 is 14.4 Å². The second kappa shape index (κ2) is 6.38. The molecule has 3 aliphatic heterocycles. The molecule has 1 unspecified atom stereocenters. The second-order valence-corrected chi connectivity index (χ2v) is 7.70. The maximum Gasteiger partial charge on any atom is 0.327 e. The summed E-state index contributed by atoms with van der Waals surface area (Å²) in [6.07, 6.45) is 2.27. The van der Waals surface area contributed by atoms with E-state index in [1.807, 2.05) is 11.8 Å². The number of carbonyl (C=O) groups is 3. The van der Waals surface area contributed by atoms with Gasteiger partial charge in [0.15, 0.2) is 0 Å². The van der Waals surface area contributed by atoms with Crippen LogP contribution < -0.4 is 0 Å². The number of fused-ring (bicyclic) bond motifs is 1. The van der Waals surface area contributed by atoms with Crippen LogP contribution in [0.3, 0.4) is 0 Å². The number of benzene rings is 1. The second-order valence-electron chi connectivity index (χ2n) is 7.70. The molecule has 140 valence electrons. The minimum Gasteiger partial charge on any atom is -0.339 e. The molecule has 7 heteroatoms. The molecule has 4 amide bonds. The van der Waals surface area contributed by atoms with Gasteiger partial charge in [0.2, 0.25) is 0 Å². The van der Waals surface area contributed by atoms with E-state index in [0.717, 1.165) is 12.8 Å². The predicted octanol–water partition coefficient (Wildman–Crippen LogP) is 1.84. The molecule has 1 atom stereocenters. The van der Waals surface area contributed by atoms with Gasteiger partial charge in [-0.2, -0.15) is 5.26 Å². The van der Waals surface area contributed by atoms with Crippen LogP contribution in [-0.4, -0.2) is 64.8 Å². The highest BCUT2D eigenvalue weighted by Crippen LogP contribution is 2.46. The van der Waals surface area contributed by atoms with Crippen molar-refractivity contribution in [3.05, 3.63) is 35.4 Å². The number of likely N-dealkylation sites (tertiary alicyclic amines) is 1. The van der Waals surface area contributed by atoms with Crippen molar-refractivity contribution >= 4 is 17.8 Å². The molecule has 0 aliphatic carbocycles. The van der Waals surface area contributed by atoms with Crippen molar-refractivity contribution in [1.82, 2.24) is 14.7 Å². The van der Waals surface area contributed by atoms with Crippen molar-refractivity contribution in [3.63, 3.8) is 0 Å². The molecule has 3 aliphatic rings. The molecule has 3 fully saturated rings. The maximum atomic E-state index is 12.7. The number of urea groups is 1. The summed E-state index contributed by atoms with van der Waals surface area (Å²) in [4.78, 5) is 42.5. The third kappa shape index (κ3) is 2.76. The highest BCUT2D eigenvalue weighted by atomic mass is 16.2. The summed E-state index contributed by atoms with van der Waals surface area (Å²) in [7, 11) is 0. The first-order valence-corrected chi connectivity index (χ1v) is 9.39. The number of hydrogen-bond donors (Lipinski definition) is 0. The van der Waals surface area contributed by atoms with Gasteiger partial charge in [0, 0.05) is 31.7 Å². The number of nitriles is 1. The van der Waals surface area contributed by atoms with Gasteiger partial charge in [-0.3, -0.25) is 14.5 Å². The summed E-state index contributed by atoms with van der Waals surface area (Å²) in [5, 5.41) is 9.01. The Balaban J connectivity index is 1.43. The molecular formula is C20H22N4O3. The van der Waals surface area contributed by atoms with Gasteiger partial charge in [0.1, 0.15) is 6.04 Å². The van der Waals surface area contributed by atoms with Gasteiger partial charge >= 0.3 is 6.03 Å². The molecule has 0 saturated carbocycles. The van der Waals surface area contributed by atoms with E-state index in [-0.39, 0.29) is 29.3 Å². The predicted molar refractivity (Wildman–Crippen MR) is 96.6 cm³/mol. The Bertz CT molecular complexity index is 825. The molecule has 0 N–H and O–H groups in total. The molecule has 0 aromatic heterocycles. The van der Waals surface area contributed by atoms with Gasteiger partial charge < -0.3 is 9.80 Å². The molecule has 1 spiro atoms. The monoisotopic (exact) mass is 366 g/mol. The van der Waals surface area contributed by atoms with Crippen molar-refractivity contribution in [2.24, 2.45) is 5.41 Å². The van der Waals surface area contributed by atoms with Crippen LogP contribution >= 0.6 is 0 Å². The quantitative estimate of drug-likeness (QED) is 0.748. The van der Waals surface area contributed by atoms with Gasteiger partial charge in [-0.25, -0.2) is 4.79 Å². The van der Waals surface area contributed by atoms with Crippen molar-refractivity contribution in [2.45, 2.75) is 32.2 Å². The first-order chi connectivity index (χ1) is 13.0. The number of nitrogens with zero attached hydrogens (tertiary/aromatic N) is 4. The summed E-state index contributed by atoms with van der Waals surface area (Å²) in [6.45, 7) is 4.05. The Labute approximate surface area is 158 Å². The molecule has 3 heterocycles. The van der Waals surface area contributed by atoms with Crippen LogP contribution in [-0.2, 0) is 4.79 Å². The number of piperidine rings is 1. The lowest BCUT2D eigenvalue weighted by Gasteiger charge is -2.39. The van der Waals surface area contributed by atoms with E-state index in [1.165, 1.54) is 4.90 Å². The molecule has 0 bridgehead atoms. The van der Waals surface area contributed by atoms with Crippen LogP contribution in [0.2, 0.25) is 0 Å². The van der Waals surface area contributed by atoms with Crippen molar-refractivity contribution in [3.8, 4) is 6.07 Å². The average molecular weight is 366 g/mol. The summed E-state index contributed by atoms with van der Waals surface area (Å²) >= 11 is 0. The fourth-order valence-corrected chi connectivity index (χ4v) is 4.65. The molecule has 0 radical (unpaired) electrons. The molecule has 27 heavy (non-hydrogen) atoms. The Morgan fingerprint density at radius 1 is 1.30 bits per heavy atom. The van der Waals surface area contributed by atoms with Crippen LogP contribution in [0.15, 0.2) is 24.3 Å². The normalized spacial score (nSPS) is 23.7. The lowest BCUT2D eigenvalue weighted by atomic mass is 9.76. The Kier molecular flexibility index (Phi) is 4.14. The minimum atomic E-state index is -0.327.